The van der Waals surface area contributed by atoms with Gasteiger partial charge >= 0.3 is 0 Å². The lowest BCUT2D eigenvalue weighted by Gasteiger charge is -2.09. The first-order valence-corrected chi connectivity index (χ1v) is 6.91. The van der Waals surface area contributed by atoms with E-state index in [2.05, 4.69) is 9.82 Å². The summed E-state index contributed by atoms with van der Waals surface area (Å²) in [6.45, 7) is 4.27. The minimum Gasteiger partial charge on any atom is -0.271 e. The minimum absolute atomic E-state index is 0.238. The van der Waals surface area contributed by atoms with Crippen molar-refractivity contribution in [2.24, 2.45) is 0 Å². The van der Waals surface area contributed by atoms with Crippen LogP contribution in [0.15, 0.2) is 12.4 Å². The SMILES string of the molecule is CCC(C#N)S(=O)(=O)NCCn1cc(C)cn1. The highest BCUT2D eigenvalue weighted by Gasteiger charge is 2.22. The molecule has 0 saturated carbocycles. The van der Waals surface area contributed by atoms with Crippen molar-refractivity contribution in [3.05, 3.63) is 18.0 Å². The lowest BCUT2D eigenvalue weighted by atomic mass is 10.4. The van der Waals surface area contributed by atoms with Gasteiger partial charge in [0, 0.05) is 12.7 Å². The molecule has 0 fully saturated rings. The van der Waals surface area contributed by atoms with E-state index in [-0.39, 0.29) is 13.0 Å². The van der Waals surface area contributed by atoms with Crippen LogP contribution < -0.4 is 4.72 Å². The molecule has 17 heavy (non-hydrogen) atoms. The third kappa shape index (κ3) is 3.84. The Morgan fingerprint density at radius 2 is 2.35 bits per heavy atom. The van der Waals surface area contributed by atoms with Gasteiger partial charge in [-0.2, -0.15) is 10.4 Å². The Kier molecular flexibility index (Phi) is 4.66. The zero-order valence-corrected chi connectivity index (χ0v) is 10.7. The van der Waals surface area contributed by atoms with Crippen LogP contribution in [0.4, 0.5) is 0 Å². The van der Waals surface area contributed by atoms with E-state index < -0.39 is 15.3 Å². The lowest BCUT2D eigenvalue weighted by molar-refractivity contribution is 0.554. The lowest BCUT2D eigenvalue weighted by Crippen LogP contribution is -2.35. The normalized spacial score (nSPS) is 13.2. The quantitative estimate of drug-likeness (QED) is 0.798. The fourth-order valence-corrected chi connectivity index (χ4v) is 2.53. The van der Waals surface area contributed by atoms with E-state index in [0.717, 1.165) is 5.56 Å². The summed E-state index contributed by atoms with van der Waals surface area (Å²) in [6, 6.07) is 1.77. The van der Waals surface area contributed by atoms with Gasteiger partial charge in [0.2, 0.25) is 10.0 Å². The number of aryl methyl sites for hydroxylation is 1. The highest BCUT2D eigenvalue weighted by Crippen LogP contribution is 2.02. The van der Waals surface area contributed by atoms with Crippen LogP contribution in [0.2, 0.25) is 0 Å². The third-order valence-electron chi connectivity index (χ3n) is 2.30. The molecule has 1 unspecified atom stereocenters. The third-order valence-corrected chi connectivity index (χ3v) is 4.09. The maximum Gasteiger partial charge on any atom is 0.228 e. The Balaban J connectivity index is 2.49. The Labute approximate surface area is 101 Å². The van der Waals surface area contributed by atoms with Crippen molar-refractivity contribution in [3.8, 4) is 6.07 Å². The van der Waals surface area contributed by atoms with E-state index in [1.165, 1.54) is 0 Å². The predicted octanol–water partition coefficient (Wildman–Crippen LogP) is 0.413. The summed E-state index contributed by atoms with van der Waals surface area (Å²) in [7, 11) is -3.54. The number of hydrogen-bond acceptors (Lipinski definition) is 4. The average molecular weight is 256 g/mol. The van der Waals surface area contributed by atoms with Crippen LogP contribution in [-0.4, -0.2) is 30.0 Å². The number of nitriles is 1. The van der Waals surface area contributed by atoms with E-state index in [4.69, 9.17) is 5.26 Å². The molecule has 0 bridgehead atoms. The van der Waals surface area contributed by atoms with Crippen molar-refractivity contribution in [2.75, 3.05) is 6.54 Å². The molecule has 0 aliphatic rings. The first-order chi connectivity index (χ1) is 7.99. The number of aromatic nitrogens is 2. The second-order valence-electron chi connectivity index (χ2n) is 3.75. The van der Waals surface area contributed by atoms with E-state index in [1.807, 2.05) is 13.1 Å². The second-order valence-corrected chi connectivity index (χ2v) is 5.69. The van der Waals surface area contributed by atoms with E-state index >= 15 is 0 Å². The summed E-state index contributed by atoms with van der Waals surface area (Å²) in [5, 5.41) is 11.7. The average Bonchev–Trinajstić information content (AvgIpc) is 2.65. The monoisotopic (exact) mass is 256 g/mol. The van der Waals surface area contributed by atoms with Crippen molar-refractivity contribution in [2.45, 2.75) is 32.1 Å². The molecule has 1 heterocycles. The molecular formula is C10H16N4O2S. The van der Waals surface area contributed by atoms with Crippen LogP contribution in [-0.2, 0) is 16.6 Å². The summed E-state index contributed by atoms with van der Waals surface area (Å²) >= 11 is 0. The molecule has 0 aliphatic heterocycles. The van der Waals surface area contributed by atoms with Gasteiger partial charge in [0.15, 0.2) is 5.25 Å². The van der Waals surface area contributed by atoms with Gasteiger partial charge in [-0.15, -0.1) is 0 Å². The topological polar surface area (TPSA) is 87.8 Å². The van der Waals surface area contributed by atoms with Gasteiger partial charge in [-0.3, -0.25) is 4.68 Å². The smallest absolute Gasteiger partial charge is 0.228 e. The van der Waals surface area contributed by atoms with Crippen molar-refractivity contribution < 1.29 is 8.42 Å². The number of rotatable bonds is 6. The van der Waals surface area contributed by atoms with E-state index in [1.54, 1.807) is 23.9 Å². The molecule has 0 aromatic carbocycles. The van der Waals surface area contributed by atoms with Gasteiger partial charge in [0.05, 0.1) is 18.8 Å². The van der Waals surface area contributed by atoms with Gasteiger partial charge in [-0.05, 0) is 18.9 Å². The maximum absolute atomic E-state index is 11.6. The highest BCUT2D eigenvalue weighted by atomic mass is 32.2. The summed E-state index contributed by atoms with van der Waals surface area (Å²) in [6.07, 6.45) is 3.82. The van der Waals surface area contributed by atoms with Gasteiger partial charge in [0.25, 0.3) is 0 Å². The fourth-order valence-electron chi connectivity index (χ4n) is 1.37. The molecule has 94 valence electrons. The molecule has 1 rings (SSSR count). The van der Waals surface area contributed by atoms with Crippen molar-refractivity contribution in [3.63, 3.8) is 0 Å². The van der Waals surface area contributed by atoms with Crippen LogP contribution in [0.1, 0.15) is 18.9 Å². The van der Waals surface area contributed by atoms with Crippen molar-refractivity contribution in [1.82, 2.24) is 14.5 Å². The van der Waals surface area contributed by atoms with Gasteiger partial charge in [-0.25, -0.2) is 13.1 Å². The molecule has 1 aromatic rings. The molecule has 1 aromatic heterocycles. The summed E-state index contributed by atoms with van der Waals surface area (Å²) in [4.78, 5) is 0. The fraction of sp³-hybridized carbons (Fsp3) is 0.600. The zero-order valence-electron chi connectivity index (χ0n) is 9.92. The molecule has 0 spiro atoms. The van der Waals surface area contributed by atoms with Crippen LogP contribution in [0.3, 0.4) is 0 Å². The van der Waals surface area contributed by atoms with E-state index in [0.29, 0.717) is 6.54 Å². The summed E-state index contributed by atoms with van der Waals surface area (Å²) in [5.74, 6) is 0. The molecule has 1 atom stereocenters. The van der Waals surface area contributed by atoms with Crippen molar-refractivity contribution >= 4 is 10.0 Å². The van der Waals surface area contributed by atoms with Crippen LogP contribution in [0.25, 0.3) is 0 Å². The molecular weight excluding hydrogens is 240 g/mol. The molecule has 0 radical (unpaired) electrons. The molecule has 0 aliphatic carbocycles. The standard InChI is InChI=1S/C10H16N4O2S/c1-3-10(6-11)17(15,16)13-4-5-14-8-9(2)7-12-14/h7-8,10,13H,3-5H2,1-2H3. The molecule has 7 heteroatoms. The Morgan fingerprint density at radius 1 is 1.65 bits per heavy atom. The van der Waals surface area contributed by atoms with Gasteiger partial charge in [0.1, 0.15) is 0 Å². The second kappa shape index (κ2) is 5.80. The maximum atomic E-state index is 11.6. The molecule has 1 N–H and O–H groups in total. The first kappa shape index (κ1) is 13.7. The molecule has 0 saturated heterocycles. The van der Waals surface area contributed by atoms with Gasteiger partial charge in [-0.1, -0.05) is 6.92 Å². The van der Waals surface area contributed by atoms with Gasteiger partial charge < -0.3 is 0 Å². The summed E-state index contributed by atoms with van der Waals surface area (Å²) in [5.41, 5.74) is 1.02. The number of nitrogens with zero attached hydrogens (tertiary/aromatic N) is 3. The summed E-state index contributed by atoms with van der Waals surface area (Å²) < 4.78 is 27.3. The Bertz CT molecular complexity index is 501. The van der Waals surface area contributed by atoms with Crippen LogP contribution in [0, 0.1) is 18.3 Å². The number of hydrogen-bond donors (Lipinski definition) is 1. The molecule has 6 nitrogen and oxygen atoms in total. The minimum atomic E-state index is -3.54. The Morgan fingerprint density at radius 3 is 2.82 bits per heavy atom. The van der Waals surface area contributed by atoms with Crippen LogP contribution in [0.5, 0.6) is 0 Å². The first-order valence-electron chi connectivity index (χ1n) is 5.36. The predicted molar refractivity (Wildman–Crippen MR) is 63.6 cm³/mol. The highest BCUT2D eigenvalue weighted by molar-refractivity contribution is 7.90. The number of nitrogens with one attached hydrogen (secondary N) is 1. The number of sulfonamides is 1. The Hall–Kier alpha value is -1.39. The largest absolute Gasteiger partial charge is 0.271 e. The molecule has 0 amide bonds. The van der Waals surface area contributed by atoms with Crippen LogP contribution >= 0.6 is 0 Å². The van der Waals surface area contributed by atoms with E-state index in [9.17, 15) is 8.42 Å². The zero-order chi connectivity index (χ0) is 12.9. The van der Waals surface area contributed by atoms with Crippen molar-refractivity contribution in [1.29, 1.82) is 5.26 Å².